The second-order valence-corrected chi connectivity index (χ2v) is 3.45. The van der Waals surface area contributed by atoms with Crippen molar-refractivity contribution in [2.45, 2.75) is 20.4 Å². The second-order valence-electron chi connectivity index (χ2n) is 3.45. The zero-order chi connectivity index (χ0) is 11.5. The van der Waals surface area contributed by atoms with Crippen LogP contribution in [0.2, 0.25) is 0 Å². The lowest BCUT2D eigenvalue weighted by Gasteiger charge is -2.01. The molecule has 0 saturated carbocycles. The lowest BCUT2D eigenvalue weighted by atomic mass is 10.4. The van der Waals surface area contributed by atoms with Gasteiger partial charge in [-0.2, -0.15) is 0 Å². The molecule has 6 nitrogen and oxygen atoms in total. The van der Waals surface area contributed by atoms with Gasteiger partial charge in [-0.3, -0.25) is 0 Å². The fraction of sp³-hybridized carbons (Fsp3) is 0.300. The summed E-state index contributed by atoms with van der Waals surface area (Å²) in [6.45, 7) is 4.27. The number of nitrogen functional groups attached to an aromatic ring is 1. The van der Waals surface area contributed by atoms with Gasteiger partial charge in [0.25, 0.3) is 0 Å². The molecule has 3 N–H and O–H groups in total. The smallest absolute Gasteiger partial charge is 0.213 e. The fourth-order valence-electron chi connectivity index (χ4n) is 1.22. The van der Waals surface area contributed by atoms with Gasteiger partial charge in [0.1, 0.15) is 17.4 Å². The van der Waals surface area contributed by atoms with Crippen molar-refractivity contribution in [1.29, 1.82) is 0 Å². The summed E-state index contributed by atoms with van der Waals surface area (Å²) in [6, 6.07) is 3.44. The number of nitrogens with one attached hydrogen (secondary N) is 1. The molecule has 0 fully saturated rings. The molecule has 0 aliphatic heterocycles. The number of aromatic nitrogens is 3. The van der Waals surface area contributed by atoms with Crippen LogP contribution in [0, 0.1) is 13.8 Å². The van der Waals surface area contributed by atoms with E-state index in [2.05, 4.69) is 20.5 Å². The summed E-state index contributed by atoms with van der Waals surface area (Å²) < 4.78 is 5.41. The molecule has 0 aliphatic carbocycles. The third kappa shape index (κ3) is 2.28. The Morgan fingerprint density at radius 2 is 2.12 bits per heavy atom. The lowest BCUT2D eigenvalue weighted by Crippen LogP contribution is -2.03. The quantitative estimate of drug-likeness (QED) is 0.808. The van der Waals surface area contributed by atoms with Crippen molar-refractivity contribution >= 4 is 11.6 Å². The third-order valence-electron chi connectivity index (χ3n) is 2.18. The summed E-state index contributed by atoms with van der Waals surface area (Å²) in [4.78, 5) is 4.24. The Labute approximate surface area is 92.9 Å². The zero-order valence-corrected chi connectivity index (χ0v) is 9.19. The molecule has 0 saturated heterocycles. The third-order valence-corrected chi connectivity index (χ3v) is 2.18. The zero-order valence-electron chi connectivity index (χ0n) is 9.19. The predicted octanol–water partition coefficient (Wildman–Crippen LogP) is 1.28. The highest BCUT2D eigenvalue weighted by Crippen LogP contribution is 2.10. The SMILES string of the molecule is Cc1nc(CNc2ccc(N)nn2)oc1C. The van der Waals surface area contributed by atoms with E-state index < -0.39 is 0 Å². The molecule has 0 spiro atoms. The molecular formula is C10H13N5O. The van der Waals surface area contributed by atoms with Gasteiger partial charge in [-0.25, -0.2) is 4.98 Å². The standard InChI is InChI=1S/C10H13N5O/c1-6-7(2)16-10(13-6)5-12-9-4-3-8(11)14-15-9/h3-4H,5H2,1-2H3,(H2,11,14)(H,12,15). The van der Waals surface area contributed by atoms with E-state index in [1.165, 1.54) is 0 Å². The number of nitrogens with two attached hydrogens (primary N) is 1. The van der Waals surface area contributed by atoms with Gasteiger partial charge in [0.15, 0.2) is 0 Å². The van der Waals surface area contributed by atoms with Crippen molar-refractivity contribution in [3.05, 3.63) is 29.5 Å². The van der Waals surface area contributed by atoms with Crippen LogP contribution in [0.5, 0.6) is 0 Å². The number of oxazole rings is 1. The molecule has 2 heterocycles. The van der Waals surface area contributed by atoms with Crippen LogP contribution in [-0.4, -0.2) is 15.2 Å². The van der Waals surface area contributed by atoms with E-state index >= 15 is 0 Å². The summed E-state index contributed by atoms with van der Waals surface area (Å²) >= 11 is 0. The van der Waals surface area contributed by atoms with Gasteiger partial charge < -0.3 is 15.5 Å². The van der Waals surface area contributed by atoms with Crippen molar-refractivity contribution in [1.82, 2.24) is 15.2 Å². The van der Waals surface area contributed by atoms with E-state index in [1.807, 2.05) is 13.8 Å². The number of nitrogens with zero attached hydrogens (tertiary/aromatic N) is 3. The average molecular weight is 219 g/mol. The Morgan fingerprint density at radius 1 is 1.31 bits per heavy atom. The van der Waals surface area contributed by atoms with Crippen LogP contribution in [0.15, 0.2) is 16.5 Å². The van der Waals surface area contributed by atoms with Crippen molar-refractivity contribution in [3.63, 3.8) is 0 Å². The van der Waals surface area contributed by atoms with Gasteiger partial charge in [0.2, 0.25) is 5.89 Å². The number of rotatable bonds is 3. The van der Waals surface area contributed by atoms with Crippen molar-refractivity contribution in [2.24, 2.45) is 0 Å². The van der Waals surface area contributed by atoms with Crippen LogP contribution in [0.4, 0.5) is 11.6 Å². The first kappa shape index (κ1) is 10.4. The van der Waals surface area contributed by atoms with E-state index in [0.717, 1.165) is 11.5 Å². The van der Waals surface area contributed by atoms with Gasteiger partial charge in [-0.05, 0) is 26.0 Å². The van der Waals surface area contributed by atoms with Crippen molar-refractivity contribution < 1.29 is 4.42 Å². The first-order chi connectivity index (χ1) is 7.65. The maximum Gasteiger partial charge on any atom is 0.213 e. The van der Waals surface area contributed by atoms with Crippen LogP contribution < -0.4 is 11.1 Å². The maximum atomic E-state index is 5.42. The van der Waals surface area contributed by atoms with Gasteiger partial charge in [-0.15, -0.1) is 10.2 Å². The monoisotopic (exact) mass is 219 g/mol. The van der Waals surface area contributed by atoms with Crippen LogP contribution in [0.1, 0.15) is 17.3 Å². The van der Waals surface area contributed by atoms with Crippen LogP contribution >= 0.6 is 0 Å². The van der Waals surface area contributed by atoms with E-state index in [0.29, 0.717) is 24.1 Å². The summed E-state index contributed by atoms with van der Waals surface area (Å²) in [5.41, 5.74) is 6.33. The Bertz CT molecular complexity index is 457. The molecule has 2 rings (SSSR count). The Balaban J connectivity index is 1.99. The van der Waals surface area contributed by atoms with Crippen LogP contribution in [0.25, 0.3) is 0 Å². The Kier molecular flexibility index (Phi) is 2.72. The number of aryl methyl sites for hydroxylation is 2. The molecule has 16 heavy (non-hydrogen) atoms. The first-order valence-corrected chi connectivity index (χ1v) is 4.91. The average Bonchev–Trinajstić information content (AvgIpc) is 2.58. The minimum atomic E-state index is 0.397. The fourth-order valence-corrected chi connectivity index (χ4v) is 1.22. The van der Waals surface area contributed by atoms with E-state index in [-0.39, 0.29) is 0 Å². The van der Waals surface area contributed by atoms with Gasteiger partial charge in [0, 0.05) is 0 Å². The summed E-state index contributed by atoms with van der Waals surface area (Å²) in [5.74, 6) is 2.50. The van der Waals surface area contributed by atoms with Crippen LogP contribution in [0.3, 0.4) is 0 Å². The molecule has 0 aliphatic rings. The van der Waals surface area contributed by atoms with E-state index in [4.69, 9.17) is 10.2 Å². The molecule has 0 aromatic carbocycles. The van der Waals surface area contributed by atoms with E-state index in [1.54, 1.807) is 12.1 Å². The van der Waals surface area contributed by atoms with Gasteiger partial charge in [0.05, 0.1) is 12.2 Å². The molecule has 0 atom stereocenters. The highest BCUT2D eigenvalue weighted by molar-refractivity contribution is 5.38. The van der Waals surface area contributed by atoms with Crippen LogP contribution in [-0.2, 0) is 6.54 Å². The molecule has 84 valence electrons. The molecule has 2 aromatic rings. The number of hydrogen-bond donors (Lipinski definition) is 2. The molecule has 0 unspecified atom stereocenters. The summed E-state index contributed by atoms with van der Waals surface area (Å²) in [7, 11) is 0. The largest absolute Gasteiger partial charge is 0.444 e. The van der Waals surface area contributed by atoms with Crippen molar-refractivity contribution in [2.75, 3.05) is 11.1 Å². The predicted molar refractivity (Wildman–Crippen MR) is 59.7 cm³/mol. The topological polar surface area (TPSA) is 89.9 Å². The van der Waals surface area contributed by atoms with Gasteiger partial charge >= 0.3 is 0 Å². The number of hydrogen-bond acceptors (Lipinski definition) is 6. The Hall–Kier alpha value is -2.11. The van der Waals surface area contributed by atoms with Gasteiger partial charge in [-0.1, -0.05) is 0 Å². The second kappa shape index (κ2) is 4.18. The molecule has 2 aromatic heterocycles. The molecule has 0 radical (unpaired) electrons. The lowest BCUT2D eigenvalue weighted by molar-refractivity contribution is 0.478. The molecule has 6 heteroatoms. The highest BCUT2D eigenvalue weighted by Gasteiger charge is 2.05. The normalized spacial score (nSPS) is 10.4. The molecule has 0 amide bonds. The first-order valence-electron chi connectivity index (χ1n) is 4.91. The number of anilines is 2. The minimum absolute atomic E-state index is 0.397. The Morgan fingerprint density at radius 3 is 2.69 bits per heavy atom. The molecule has 0 bridgehead atoms. The maximum absolute atomic E-state index is 5.42. The van der Waals surface area contributed by atoms with Crippen molar-refractivity contribution in [3.8, 4) is 0 Å². The summed E-state index contributed by atoms with van der Waals surface area (Å²) in [6.07, 6.45) is 0. The minimum Gasteiger partial charge on any atom is -0.444 e. The summed E-state index contributed by atoms with van der Waals surface area (Å²) in [5, 5.41) is 10.6. The molecular weight excluding hydrogens is 206 g/mol. The van der Waals surface area contributed by atoms with E-state index in [9.17, 15) is 0 Å². The highest BCUT2D eigenvalue weighted by atomic mass is 16.4.